The van der Waals surface area contributed by atoms with Crippen LogP contribution in [0.2, 0.25) is 0 Å². The molecular weight excluding hydrogens is 265 g/mol. The van der Waals surface area contributed by atoms with Crippen LogP contribution in [0.25, 0.3) is 0 Å². The maximum Gasteiger partial charge on any atom is 0.344 e. The first-order valence-electron chi connectivity index (χ1n) is 4.34. The number of esters is 1. The summed E-state index contributed by atoms with van der Waals surface area (Å²) in [6.45, 7) is 5.15. The van der Waals surface area contributed by atoms with Crippen molar-refractivity contribution in [2.75, 3.05) is 0 Å². The summed E-state index contributed by atoms with van der Waals surface area (Å²) in [6, 6.07) is 1.49. The smallest absolute Gasteiger partial charge is 0.344 e. The summed E-state index contributed by atoms with van der Waals surface area (Å²) in [5, 5.41) is 0. The number of aromatic nitrogens is 1. The van der Waals surface area contributed by atoms with Crippen LogP contribution in [0.5, 0.6) is 0 Å². The van der Waals surface area contributed by atoms with Gasteiger partial charge in [0, 0.05) is 10.7 Å². The van der Waals surface area contributed by atoms with Gasteiger partial charge in [-0.15, -0.1) is 0 Å². The molecule has 1 rings (SSSR count). The molecule has 0 saturated heterocycles. The summed E-state index contributed by atoms with van der Waals surface area (Å²) in [5.41, 5.74) is -0.828. The van der Waals surface area contributed by atoms with Crippen LogP contribution in [0, 0.1) is 5.95 Å². The Labute approximate surface area is 95.8 Å². The molecular formula is C10H11BrFNO2. The number of carbonyl (C=O) groups is 1. The highest BCUT2D eigenvalue weighted by Crippen LogP contribution is 2.21. The van der Waals surface area contributed by atoms with Crippen LogP contribution in [0.4, 0.5) is 4.39 Å². The van der Waals surface area contributed by atoms with E-state index in [0.717, 1.165) is 0 Å². The number of hydrogen-bond donors (Lipinski definition) is 0. The van der Waals surface area contributed by atoms with E-state index in [4.69, 9.17) is 4.74 Å². The van der Waals surface area contributed by atoms with Crippen LogP contribution in [0.3, 0.4) is 0 Å². The Kier molecular flexibility index (Phi) is 3.44. The van der Waals surface area contributed by atoms with Crippen LogP contribution in [0.1, 0.15) is 31.1 Å². The highest BCUT2D eigenvalue weighted by Gasteiger charge is 2.23. The molecule has 0 atom stereocenters. The van der Waals surface area contributed by atoms with Gasteiger partial charge in [0.15, 0.2) is 0 Å². The molecule has 0 unspecified atom stereocenters. The van der Waals surface area contributed by atoms with Gasteiger partial charge < -0.3 is 4.74 Å². The molecule has 1 aromatic heterocycles. The minimum Gasteiger partial charge on any atom is -0.456 e. The van der Waals surface area contributed by atoms with E-state index >= 15 is 0 Å². The largest absolute Gasteiger partial charge is 0.456 e. The molecule has 15 heavy (non-hydrogen) atoms. The number of pyridine rings is 1. The van der Waals surface area contributed by atoms with Gasteiger partial charge >= 0.3 is 5.97 Å². The van der Waals surface area contributed by atoms with Crippen molar-refractivity contribution < 1.29 is 13.9 Å². The second kappa shape index (κ2) is 4.26. The Morgan fingerprint density at radius 2 is 2.13 bits per heavy atom. The topological polar surface area (TPSA) is 39.2 Å². The molecule has 0 fully saturated rings. The monoisotopic (exact) mass is 275 g/mol. The maximum absolute atomic E-state index is 13.2. The van der Waals surface area contributed by atoms with Gasteiger partial charge in [-0.3, -0.25) is 0 Å². The molecule has 0 saturated carbocycles. The summed E-state index contributed by atoms with van der Waals surface area (Å²) >= 11 is 3.07. The highest BCUT2D eigenvalue weighted by molar-refractivity contribution is 9.10. The summed E-state index contributed by atoms with van der Waals surface area (Å²) in [7, 11) is 0. The Balaban J connectivity index is 3.02. The van der Waals surface area contributed by atoms with Crippen LogP contribution < -0.4 is 0 Å². The molecule has 5 heteroatoms. The van der Waals surface area contributed by atoms with Gasteiger partial charge in [0.1, 0.15) is 11.2 Å². The Morgan fingerprint density at radius 1 is 1.53 bits per heavy atom. The molecule has 0 radical (unpaired) electrons. The fourth-order valence-electron chi connectivity index (χ4n) is 0.925. The van der Waals surface area contributed by atoms with Gasteiger partial charge in [0.2, 0.25) is 5.95 Å². The van der Waals surface area contributed by atoms with E-state index in [1.54, 1.807) is 20.8 Å². The van der Waals surface area contributed by atoms with Crippen molar-refractivity contribution in [1.29, 1.82) is 0 Å². The quantitative estimate of drug-likeness (QED) is 0.584. The molecule has 0 aromatic carbocycles. The van der Waals surface area contributed by atoms with E-state index in [1.807, 2.05) is 0 Å². The van der Waals surface area contributed by atoms with Gasteiger partial charge in [-0.05, 0) is 42.8 Å². The highest BCUT2D eigenvalue weighted by atomic mass is 79.9. The standard InChI is InChI=1S/C10H11BrFNO2/c1-10(2,3)15-9(14)7-6(11)4-5-13-8(7)12/h4-5H,1-3H3. The predicted octanol–water partition coefficient (Wildman–Crippen LogP) is 2.94. The fourth-order valence-corrected chi connectivity index (χ4v) is 1.37. The molecule has 82 valence electrons. The third-order valence-corrected chi connectivity index (χ3v) is 2.12. The van der Waals surface area contributed by atoms with E-state index in [2.05, 4.69) is 20.9 Å². The van der Waals surface area contributed by atoms with E-state index in [9.17, 15) is 9.18 Å². The van der Waals surface area contributed by atoms with Crippen molar-refractivity contribution >= 4 is 21.9 Å². The van der Waals surface area contributed by atoms with Crippen molar-refractivity contribution in [3.05, 3.63) is 28.2 Å². The van der Waals surface area contributed by atoms with E-state index < -0.39 is 17.5 Å². The average Bonchev–Trinajstić information content (AvgIpc) is 1.99. The van der Waals surface area contributed by atoms with Crippen molar-refractivity contribution in [1.82, 2.24) is 4.98 Å². The third-order valence-electron chi connectivity index (χ3n) is 1.46. The SMILES string of the molecule is CC(C)(C)OC(=O)c1c(Br)ccnc1F. The Bertz CT molecular complexity index is 367. The van der Waals surface area contributed by atoms with Gasteiger partial charge in [0.05, 0.1) is 0 Å². The average molecular weight is 276 g/mol. The zero-order valence-electron chi connectivity index (χ0n) is 8.67. The predicted molar refractivity (Wildman–Crippen MR) is 57.1 cm³/mol. The first-order valence-corrected chi connectivity index (χ1v) is 5.14. The number of rotatable bonds is 1. The van der Waals surface area contributed by atoms with Gasteiger partial charge in [-0.1, -0.05) is 0 Å². The molecule has 0 aliphatic heterocycles. The molecule has 0 bridgehead atoms. The first-order chi connectivity index (χ1) is 6.81. The van der Waals surface area contributed by atoms with Crippen LogP contribution >= 0.6 is 15.9 Å². The molecule has 3 nitrogen and oxygen atoms in total. The summed E-state index contributed by atoms with van der Waals surface area (Å²) < 4.78 is 18.6. The number of hydrogen-bond acceptors (Lipinski definition) is 3. The minimum absolute atomic E-state index is 0.174. The minimum atomic E-state index is -0.835. The summed E-state index contributed by atoms with van der Waals surface area (Å²) in [4.78, 5) is 15.0. The Hall–Kier alpha value is -0.970. The lowest BCUT2D eigenvalue weighted by Crippen LogP contribution is -2.25. The van der Waals surface area contributed by atoms with Crippen molar-refractivity contribution in [2.45, 2.75) is 26.4 Å². The maximum atomic E-state index is 13.2. The van der Waals surface area contributed by atoms with E-state index in [0.29, 0.717) is 4.47 Å². The lowest BCUT2D eigenvalue weighted by Gasteiger charge is -2.19. The lowest BCUT2D eigenvalue weighted by atomic mass is 10.2. The summed E-state index contributed by atoms with van der Waals surface area (Å²) in [5.74, 6) is -1.56. The fraction of sp³-hybridized carbons (Fsp3) is 0.400. The molecule has 0 aliphatic rings. The molecule has 0 N–H and O–H groups in total. The lowest BCUT2D eigenvalue weighted by molar-refractivity contribution is 0.00626. The van der Waals surface area contributed by atoms with Crippen LogP contribution in [-0.4, -0.2) is 16.6 Å². The van der Waals surface area contributed by atoms with Crippen molar-refractivity contribution in [2.24, 2.45) is 0 Å². The molecule has 0 aliphatic carbocycles. The Morgan fingerprint density at radius 3 is 2.60 bits per heavy atom. The van der Waals surface area contributed by atoms with Crippen LogP contribution in [-0.2, 0) is 4.74 Å². The van der Waals surface area contributed by atoms with Gasteiger partial charge in [-0.2, -0.15) is 4.39 Å². The first kappa shape index (κ1) is 12.1. The number of nitrogens with zero attached hydrogens (tertiary/aromatic N) is 1. The second-order valence-electron chi connectivity index (χ2n) is 3.96. The number of ether oxygens (including phenoxy) is 1. The van der Waals surface area contributed by atoms with Gasteiger partial charge in [-0.25, -0.2) is 9.78 Å². The normalized spacial score (nSPS) is 11.3. The molecule has 1 aromatic rings. The molecule has 0 amide bonds. The number of carbonyl (C=O) groups excluding carboxylic acids is 1. The second-order valence-corrected chi connectivity index (χ2v) is 4.81. The number of halogens is 2. The van der Waals surface area contributed by atoms with Crippen LogP contribution in [0.15, 0.2) is 16.7 Å². The zero-order chi connectivity index (χ0) is 11.6. The van der Waals surface area contributed by atoms with Crippen molar-refractivity contribution in [3.63, 3.8) is 0 Å². The zero-order valence-corrected chi connectivity index (χ0v) is 10.3. The van der Waals surface area contributed by atoms with E-state index in [-0.39, 0.29) is 5.56 Å². The van der Waals surface area contributed by atoms with Crippen molar-refractivity contribution in [3.8, 4) is 0 Å². The summed E-state index contributed by atoms with van der Waals surface area (Å²) in [6.07, 6.45) is 1.27. The molecule has 0 spiro atoms. The van der Waals surface area contributed by atoms with Gasteiger partial charge in [0.25, 0.3) is 0 Å². The molecule has 1 heterocycles. The third kappa shape index (κ3) is 3.27. The van der Waals surface area contributed by atoms with E-state index in [1.165, 1.54) is 12.3 Å².